The number of piperidine rings is 1. The molecule has 1 atom stereocenters. The molecule has 2 N–H and O–H groups in total. The van der Waals surface area contributed by atoms with Gasteiger partial charge in [-0.05, 0) is 54.5 Å². The van der Waals surface area contributed by atoms with Gasteiger partial charge in [-0.15, -0.1) is 12.4 Å². The van der Waals surface area contributed by atoms with Crippen molar-refractivity contribution in [2.45, 2.75) is 39.0 Å². The predicted molar refractivity (Wildman–Crippen MR) is 113 cm³/mol. The van der Waals surface area contributed by atoms with Gasteiger partial charge in [0.1, 0.15) is 0 Å². The minimum Gasteiger partial charge on any atom is -0.372 e. The molecule has 5 heteroatoms. The van der Waals surface area contributed by atoms with Crippen LogP contribution in [0.3, 0.4) is 0 Å². The Balaban J connectivity index is 0.00000225. The van der Waals surface area contributed by atoms with Crippen molar-refractivity contribution in [3.05, 3.63) is 71.3 Å². The van der Waals surface area contributed by atoms with Gasteiger partial charge in [0.05, 0.1) is 13.2 Å². The van der Waals surface area contributed by atoms with E-state index in [1.807, 2.05) is 30.3 Å². The van der Waals surface area contributed by atoms with E-state index in [-0.39, 0.29) is 29.6 Å². The van der Waals surface area contributed by atoms with Crippen molar-refractivity contribution in [2.24, 2.45) is 11.3 Å². The van der Waals surface area contributed by atoms with E-state index in [0.29, 0.717) is 19.8 Å². The summed E-state index contributed by atoms with van der Waals surface area (Å²) in [6.07, 6.45) is 3.33. The van der Waals surface area contributed by atoms with Gasteiger partial charge in [0.25, 0.3) is 0 Å². The molecule has 150 valence electrons. The van der Waals surface area contributed by atoms with Crippen LogP contribution < -0.4 is 10.6 Å². The molecule has 1 amide bonds. The summed E-state index contributed by atoms with van der Waals surface area (Å²) in [7, 11) is 0. The van der Waals surface area contributed by atoms with Crippen molar-refractivity contribution in [3.8, 4) is 0 Å². The number of carbonyl (C=O) groups is 1. The fourth-order valence-corrected chi connectivity index (χ4v) is 4.23. The molecule has 2 aliphatic rings. The van der Waals surface area contributed by atoms with Crippen LogP contribution in [0.15, 0.2) is 54.6 Å². The Bertz CT molecular complexity index is 775. The van der Waals surface area contributed by atoms with Crippen molar-refractivity contribution in [1.29, 1.82) is 0 Å². The lowest BCUT2D eigenvalue weighted by atomic mass is 9.92. The summed E-state index contributed by atoms with van der Waals surface area (Å²) < 4.78 is 5.88. The Morgan fingerprint density at radius 2 is 1.68 bits per heavy atom. The number of hydrogen-bond donors (Lipinski definition) is 2. The summed E-state index contributed by atoms with van der Waals surface area (Å²) in [6, 6.07) is 18.4. The van der Waals surface area contributed by atoms with Crippen molar-refractivity contribution in [2.75, 3.05) is 13.1 Å². The summed E-state index contributed by atoms with van der Waals surface area (Å²) >= 11 is 0. The number of hydrogen-bond acceptors (Lipinski definition) is 3. The van der Waals surface area contributed by atoms with Crippen LogP contribution in [0.4, 0.5) is 0 Å². The Morgan fingerprint density at radius 3 is 2.43 bits per heavy atom. The topological polar surface area (TPSA) is 50.4 Å². The van der Waals surface area contributed by atoms with Crippen LogP contribution in [-0.2, 0) is 29.3 Å². The first kappa shape index (κ1) is 20.8. The molecular weight excluding hydrogens is 372 g/mol. The lowest BCUT2D eigenvalue weighted by molar-refractivity contribution is -0.123. The first-order chi connectivity index (χ1) is 13.3. The number of halogens is 1. The molecule has 1 saturated heterocycles. The number of ether oxygens (including phenoxy) is 1. The van der Waals surface area contributed by atoms with Crippen LogP contribution in [0.5, 0.6) is 0 Å². The van der Waals surface area contributed by atoms with Crippen LogP contribution in [-0.4, -0.2) is 19.0 Å². The lowest BCUT2D eigenvalue weighted by Gasteiger charge is -2.23. The van der Waals surface area contributed by atoms with E-state index in [1.165, 1.54) is 5.56 Å². The molecule has 28 heavy (non-hydrogen) atoms. The molecule has 1 spiro atoms. The zero-order valence-corrected chi connectivity index (χ0v) is 17.0. The van der Waals surface area contributed by atoms with Gasteiger partial charge in [0, 0.05) is 12.5 Å². The summed E-state index contributed by atoms with van der Waals surface area (Å²) in [6.45, 7) is 3.82. The Morgan fingerprint density at radius 1 is 1.00 bits per heavy atom. The molecule has 1 heterocycles. The minimum absolute atomic E-state index is 0. The van der Waals surface area contributed by atoms with Crippen LogP contribution in [0.2, 0.25) is 0 Å². The third-order valence-corrected chi connectivity index (χ3v) is 6.05. The largest absolute Gasteiger partial charge is 0.372 e. The summed E-state index contributed by atoms with van der Waals surface area (Å²) in [5.41, 5.74) is 3.73. The van der Waals surface area contributed by atoms with Crippen LogP contribution in [0, 0.1) is 11.3 Å². The van der Waals surface area contributed by atoms with E-state index < -0.39 is 0 Å². The minimum atomic E-state index is 0. The van der Waals surface area contributed by atoms with E-state index in [1.54, 1.807) is 0 Å². The second kappa shape index (κ2) is 9.55. The molecular formula is C23H29ClN2O2. The highest BCUT2D eigenvalue weighted by molar-refractivity contribution is 5.85. The van der Waals surface area contributed by atoms with Gasteiger partial charge in [-0.25, -0.2) is 0 Å². The zero-order valence-electron chi connectivity index (χ0n) is 16.2. The highest BCUT2D eigenvalue weighted by atomic mass is 35.5. The van der Waals surface area contributed by atoms with Gasteiger partial charge < -0.3 is 15.4 Å². The molecule has 4 rings (SSSR count). The van der Waals surface area contributed by atoms with E-state index >= 15 is 0 Å². The van der Waals surface area contributed by atoms with Crippen molar-refractivity contribution in [3.63, 3.8) is 0 Å². The second-order valence-electron chi connectivity index (χ2n) is 7.83. The zero-order chi connectivity index (χ0) is 18.5. The fraction of sp³-hybridized carbons (Fsp3) is 0.435. The fourth-order valence-electron chi connectivity index (χ4n) is 4.23. The molecule has 2 fully saturated rings. The number of rotatable bonds is 7. The van der Waals surface area contributed by atoms with E-state index in [0.717, 1.165) is 43.5 Å². The molecule has 2 aromatic carbocycles. The predicted octanol–water partition coefficient (Wildman–Crippen LogP) is 3.83. The number of benzene rings is 2. The second-order valence-corrected chi connectivity index (χ2v) is 7.83. The third kappa shape index (κ3) is 4.93. The van der Waals surface area contributed by atoms with Gasteiger partial charge in [0.15, 0.2) is 0 Å². The Labute approximate surface area is 173 Å². The SMILES string of the molecule is Cl.O=C(NCc1ccccc1COCc1ccccc1)C1CC12CCNCC2. The molecule has 1 aliphatic heterocycles. The van der Waals surface area contributed by atoms with Crippen molar-refractivity contribution >= 4 is 18.3 Å². The van der Waals surface area contributed by atoms with Gasteiger partial charge in [-0.1, -0.05) is 54.6 Å². The molecule has 0 aromatic heterocycles. The van der Waals surface area contributed by atoms with Crippen LogP contribution >= 0.6 is 12.4 Å². The maximum atomic E-state index is 12.6. The molecule has 0 radical (unpaired) electrons. The molecule has 2 aromatic rings. The lowest BCUT2D eigenvalue weighted by Crippen LogP contribution is -2.33. The van der Waals surface area contributed by atoms with Crippen molar-refractivity contribution in [1.82, 2.24) is 10.6 Å². The molecule has 1 unspecified atom stereocenters. The summed E-state index contributed by atoms with van der Waals surface area (Å²) in [5.74, 6) is 0.429. The average molecular weight is 401 g/mol. The smallest absolute Gasteiger partial charge is 0.223 e. The maximum absolute atomic E-state index is 12.6. The maximum Gasteiger partial charge on any atom is 0.223 e. The van der Waals surface area contributed by atoms with Gasteiger partial charge >= 0.3 is 0 Å². The molecule has 0 bridgehead atoms. The summed E-state index contributed by atoms with van der Waals surface area (Å²) in [5, 5.41) is 6.56. The average Bonchev–Trinajstić information content (AvgIpc) is 3.41. The van der Waals surface area contributed by atoms with Gasteiger partial charge in [-0.2, -0.15) is 0 Å². The molecule has 1 saturated carbocycles. The monoisotopic (exact) mass is 400 g/mol. The van der Waals surface area contributed by atoms with Crippen LogP contribution in [0.25, 0.3) is 0 Å². The molecule has 4 nitrogen and oxygen atoms in total. The standard InChI is InChI=1S/C23H28N2O2.ClH/c26-22(21-14-23(21)10-12-24-13-11-23)25-15-19-8-4-5-9-20(19)17-27-16-18-6-2-1-3-7-18;/h1-9,21,24H,10-17H2,(H,25,26);1H. The summed E-state index contributed by atoms with van der Waals surface area (Å²) in [4.78, 5) is 12.6. The quantitative estimate of drug-likeness (QED) is 0.742. The molecule has 1 aliphatic carbocycles. The van der Waals surface area contributed by atoms with Crippen molar-refractivity contribution < 1.29 is 9.53 Å². The number of carbonyl (C=O) groups excluding carboxylic acids is 1. The first-order valence-electron chi connectivity index (χ1n) is 9.94. The highest BCUT2D eigenvalue weighted by Gasteiger charge is 2.57. The van der Waals surface area contributed by atoms with Crippen LogP contribution in [0.1, 0.15) is 36.0 Å². The highest BCUT2D eigenvalue weighted by Crippen LogP contribution is 2.58. The Kier molecular flexibility index (Phi) is 7.11. The normalized spacial score (nSPS) is 19.6. The Hall–Kier alpha value is -1.88. The van der Waals surface area contributed by atoms with E-state index in [9.17, 15) is 4.79 Å². The first-order valence-corrected chi connectivity index (χ1v) is 9.94. The number of nitrogens with one attached hydrogen (secondary N) is 2. The van der Waals surface area contributed by atoms with E-state index in [2.05, 4.69) is 34.9 Å². The van der Waals surface area contributed by atoms with Gasteiger partial charge in [-0.3, -0.25) is 4.79 Å². The third-order valence-electron chi connectivity index (χ3n) is 6.05. The van der Waals surface area contributed by atoms with E-state index in [4.69, 9.17) is 4.74 Å². The van der Waals surface area contributed by atoms with Gasteiger partial charge in [0.2, 0.25) is 5.91 Å². The number of amides is 1.